The maximum Gasteiger partial charge on any atom is 0.329 e. The van der Waals surface area contributed by atoms with Crippen LogP contribution in [0.15, 0.2) is 84.9 Å². The third kappa shape index (κ3) is 3.93. The van der Waals surface area contributed by atoms with Crippen molar-refractivity contribution >= 4 is 17.8 Å². The van der Waals surface area contributed by atoms with E-state index in [1.165, 1.54) is 12.0 Å². The minimum absolute atomic E-state index is 0.0618. The summed E-state index contributed by atoms with van der Waals surface area (Å²) in [5.41, 5.74) is 6.01. The van der Waals surface area contributed by atoms with Gasteiger partial charge in [0, 0.05) is 0 Å². The first-order valence-corrected chi connectivity index (χ1v) is 10.5. The summed E-state index contributed by atoms with van der Waals surface area (Å²) < 4.78 is 10.8. The number of hydrogen-bond acceptors (Lipinski definition) is 5. The molecule has 0 saturated carbocycles. The summed E-state index contributed by atoms with van der Waals surface area (Å²) in [4.78, 5) is 40.4. The van der Waals surface area contributed by atoms with Crippen LogP contribution in [0, 0.1) is 0 Å². The van der Waals surface area contributed by atoms with Crippen LogP contribution < -0.4 is 10.5 Å². The molecule has 1 heterocycles. The molecule has 0 spiro atoms. The SMILES string of the molecule is COc1cccc(C(C(N)=O)(c2ccccc2)N2C(=O)CC2C(=O)OCc2ccccc2)c1. The van der Waals surface area contributed by atoms with Crippen LogP contribution in [0.5, 0.6) is 5.75 Å². The Morgan fingerprint density at radius 3 is 2.21 bits per heavy atom. The van der Waals surface area contributed by atoms with E-state index >= 15 is 0 Å². The molecule has 0 bridgehead atoms. The molecule has 0 aliphatic carbocycles. The lowest BCUT2D eigenvalue weighted by molar-refractivity contribution is -0.176. The molecule has 2 atom stereocenters. The number of nitrogens with two attached hydrogens (primary N) is 1. The second-order valence-corrected chi connectivity index (χ2v) is 7.75. The van der Waals surface area contributed by atoms with E-state index in [2.05, 4.69) is 0 Å². The normalized spacial score (nSPS) is 16.9. The summed E-state index contributed by atoms with van der Waals surface area (Å²) in [6, 6.07) is 23.8. The van der Waals surface area contributed by atoms with Gasteiger partial charge in [0.05, 0.1) is 13.5 Å². The van der Waals surface area contributed by atoms with Gasteiger partial charge in [-0.3, -0.25) is 9.59 Å². The number of benzene rings is 3. The van der Waals surface area contributed by atoms with E-state index in [1.807, 2.05) is 30.3 Å². The van der Waals surface area contributed by atoms with Crippen LogP contribution in [-0.2, 0) is 31.3 Å². The van der Waals surface area contributed by atoms with Gasteiger partial charge in [-0.1, -0.05) is 72.8 Å². The Morgan fingerprint density at radius 1 is 0.970 bits per heavy atom. The molecule has 2 unspecified atom stereocenters. The molecular formula is C26H24N2O5. The molecule has 1 aliphatic rings. The van der Waals surface area contributed by atoms with E-state index in [0.717, 1.165) is 5.56 Å². The molecule has 2 N–H and O–H groups in total. The topological polar surface area (TPSA) is 98.9 Å². The zero-order valence-corrected chi connectivity index (χ0v) is 18.1. The number of amides is 2. The average molecular weight is 444 g/mol. The molecule has 7 nitrogen and oxygen atoms in total. The monoisotopic (exact) mass is 444 g/mol. The lowest BCUT2D eigenvalue weighted by Crippen LogP contribution is -2.69. The van der Waals surface area contributed by atoms with Crippen molar-refractivity contribution in [2.45, 2.75) is 24.6 Å². The van der Waals surface area contributed by atoms with Gasteiger partial charge >= 0.3 is 5.97 Å². The largest absolute Gasteiger partial charge is 0.497 e. The first kappa shape index (κ1) is 22.1. The predicted octanol–water partition coefficient (Wildman–Crippen LogP) is 2.77. The minimum Gasteiger partial charge on any atom is -0.497 e. The van der Waals surface area contributed by atoms with Crippen LogP contribution in [0.1, 0.15) is 23.1 Å². The highest BCUT2D eigenvalue weighted by Gasteiger charge is 2.58. The highest BCUT2D eigenvalue weighted by molar-refractivity contribution is 6.02. The lowest BCUT2D eigenvalue weighted by Gasteiger charge is -2.50. The van der Waals surface area contributed by atoms with E-state index in [-0.39, 0.29) is 18.9 Å². The Morgan fingerprint density at radius 2 is 1.61 bits per heavy atom. The number of carbonyl (C=O) groups excluding carboxylic acids is 3. The van der Waals surface area contributed by atoms with Gasteiger partial charge < -0.3 is 20.1 Å². The van der Waals surface area contributed by atoms with Gasteiger partial charge in [-0.15, -0.1) is 0 Å². The molecule has 1 aliphatic heterocycles. The van der Waals surface area contributed by atoms with Gasteiger partial charge in [0.1, 0.15) is 18.4 Å². The Kier molecular flexibility index (Phi) is 6.13. The number of rotatable bonds is 8. The Balaban J connectivity index is 1.76. The first-order valence-electron chi connectivity index (χ1n) is 10.5. The van der Waals surface area contributed by atoms with Crippen LogP contribution in [0.3, 0.4) is 0 Å². The van der Waals surface area contributed by atoms with Crippen molar-refractivity contribution in [3.8, 4) is 5.75 Å². The van der Waals surface area contributed by atoms with E-state index < -0.39 is 23.5 Å². The van der Waals surface area contributed by atoms with Crippen LogP contribution in [0.4, 0.5) is 0 Å². The number of likely N-dealkylation sites (tertiary alicyclic amines) is 1. The number of hydrogen-bond donors (Lipinski definition) is 1. The summed E-state index contributed by atoms with van der Waals surface area (Å²) in [5, 5.41) is 0. The fourth-order valence-electron chi connectivity index (χ4n) is 4.23. The second kappa shape index (κ2) is 9.16. The van der Waals surface area contributed by atoms with E-state index in [9.17, 15) is 14.4 Å². The van der Waals surface area contributed by atoms with Gasteiger partial charge in [-0.25, -0.2) is 4.79 Å². The number of β-lactam (4-membered cyclic amide) rings is 1. The molecule has 1 fully saturated rings. The minimum atomic E-state index is -1.71. The summed E-state index contributed by atoms with van der Waals surface area (Å²) in [6.07, 6.45) is -0.0700. The van der Waals surface area contributed by atoms with Crippen LogP contribution in [0.2, 0.25) is 0 Å². The number of nitrogens with zero attached hydrogens (tertiary/aromatic N) is 1. The van der Waals surface area contributed by atoms with Crippen LogP contribution in [0.25, 0.3) is 0 Å². The quantitative estimate of drug-likeness (QED) is 0.426. The van der Waals surface area contributed by atoms with Gasteiger partial charge in [0.2, 0.25) is 5.91 Å². The van der Waals surface area contributed by atoms with Crippen molar-refractivity contribution in [1.29, 1.82) is 0 Å². The number of esters is 1. The fourth-order valence-corrected chi connectivity index (χ4v) is 4.23. The molecule has 3 aromatic rings. The highest BCUT2D eigenvalue weighted by Crippen LogP contribution is 2.43. The highest BCUT2D eigenvalue weighted by atomic mass is 16.5. The standard InChI is InChI=1S/C26H24N2O5/c1-32-21-14-8-13-20(15-21)26(25(27)31,19-11-6-3-7-12-19)28-22(16-23(28)29)24(30)33-17-18-9-4-2-5-10-18/h2-15,22H,16-17H2,1H3,(H2,27,31). The molecule has 1 saturated heterocycles. The predicted molar refractivity (Wildman–Crippen MR) is 121 cm³/mol. The van der Waals surface area contributed by atoms with Gasteiger partial charge in [0.15, 0.2) is 5.54 Å². The molecule has 0 aromatic heterocycles. The number of methoxy groups -OCH3 is 1. The smallest absolute Gasteiger partial charge is 0.329 e. The van der Waals surface area contributed by atoms with Gasteiger partial charge in [-0.2, -0.15) is 0 Å². The fraction of sp³-hybridized carbons (Fsp3) is 0.192. The average Bonchev–Trinajstić information content (AvgIpc) is 2.85. The molecule has 3 aromatic carbocycles. The zero-order chi connectivity index (χ0) is 23.4. The first-order chi connectivity index (χ1) is 16.0. The summed E-state index contributed by atoms with van der Waals surface area (Å²) in [5.74, 6) is -1.26. The molecule has 4 rings (SSSR count). The molecule has 2 amide bonds. The van der Waals surface area contributed by atoms with Crippen molar-refractivity contribution < 1.29 is 23.9 Å². The Bertz CT molecular complexity index is 1170. The summed E-state index contributed by atoms with van der Waals surface area (Å²) in [7, 11) is 1.51. The molecule has 7 heteroatoms. The van der Waals surface area contributed by atoms with Crippen LogP contribution in [-0.4, -0.2) is 35.8 Å². The van der Waals surface area contributed by atoms with Crippen molar-refractivity contribution in [3.05, 3.63) is 102 Å². The van der Waals surface area contributed by atoms with Crippen molar-refractivity contribution in [2.75, 3.05) is 7.11 Å². The molecule has 168 valence electrons. The molecular weight excluding hydrogens is 420 g/mol. The Hall–Kier alpha value is -4.13. The third-order valence-electron chi connectivity index (χ3n) is 5.84. The number of carbonyl (C=O) groups is 3. The van der Waals surface area contributed by atoms with Gasteiger partial charge in [0.25, 0.3) is 5.91 Å². The van der Waals surface area contributed by atoms with E-state index in [4.69, 9.17) is 15.2 Å². The van der Waals surface area contributed by atoms with Gasteiger partial charge in [-0.05, 0) is 28.8 Å². The van der Waals surface area contributed by atoms with E-state index in [1.54, 1.807) is 54.6 Å². The van der Waals surface area contributed by atoms with Crippen molar-refractivity contribution in [1.82, 2.24) is 4.90 Å². The maximum atomic E-state index is 13.2. The lowest BCUT2D eigenvalue weighted by atomic mass is 9.76. The van der Waals surface area contributed by atoms with Crippen LogP contribution >= 0.6 is 0 Å². The maximum absolute atomic E-state index is 13.2. The molecule has 33 heavy (non-hydrogen) atoms. The van der Waals surface area contributed by atoms with Crippen molar-refractivity contribution in [3.63, 3.8) is 0 Å². The van der Waals surface area contributed by atoms with Crippen molar-refractivity contribution in [2.24, 2.45) is 5.73 Å². The summed E-state index contributed by atoms with van der Waals surface area (Å²) in [6.45, 7) is 0.0618. The number of primary amides is 1. The Labute approximate surface area is 191 Å². The zero-order valence-electron chi connectivity index (χ0n) is 18.1. The third-order valence-corrected chi connectivity index (χ3v) is 5.84. The van der Waals surface area contributed by atoms with E-state index in [0.29, 0.717) is 16.9 Å². The summed E-state index contributed by atoms with van der Waals surface area (Å²) >= 11 is 0. The second-order valence-electron chi connectivity index (χ2n) is 7.75. The molecule has 0 radical (unpaired) electrons. The number of ether oxygens (including phenoxy) is 2.